The number of aromatic hydroxyl groups is 1. The van der Waals surface area contributed by atoms with Gasteiger partial charge in [-0.25, -0.2) is 4.79 Å². The number of ether oxygens (including phenoxy) is 3. The number of methoxy groups -OCH3 is 1. The zero-order valence-corrected chi connectivity index (χ0v) is 14.7. The molecule has 3 rings (SSSR count). The Morgan fingerprint density at radius 3 is 2.78 bits per heavy atom. The molecular formula is C16H18N6O5. The van der Waals surface area contributed by atoms with Crippen LogP contribution in [0.4, 0.5) is 10.6 Å². The van der Waals surface area contributed by atoms with E-state index in [9.17, 15) is 9.90 Å². The molecule has 0 radical (unpaired) electrons. The minimum absolute atomic E-state index is 0.00203. The van der Waals surface area contributed by atoms with Gasteiger partial charge in [-0.3, -0.25) is 9.55 Å². The second kappa shape index (κ2) is 7.72. The van der Waals surface area contributed by atoms with Gasteiger partial charge in [-0.05, 0) is 18.6 Å². The van der Waals surface area contributed by atoms with E-state index in [0.717, 1.165) is 11.3 Å². The van der Waals surface area contributed by atoms with E-state index in [1.165, 1.54) is 11.7 Å². The molecule has 0 amide bonds. The number of nitrogens with zero attached hydrogens (tertiary/aromatic N) is 5. The van der Waals surface area contributed by atoms with E-state index in [4.69, 9.17) is 15.2 Å². The van der Waals surface area contributed by atoms with Crippen molar-refractivity contribution in [2.45, 2.75) is 13.5 Å². The van der Waals surface area contributed by atoms with E-state index in [1.807, 2.05) is 19.1 Å². The molecule has 0 fully saturated rings. The van der Waals surface area contributed by atoms with Crippen molar-refractivity contribution in [2.75, 3.05) is 26.1 Å². The van der Waals surface area contributed by atoms with Crippen LogP contribution in [-0.4, -0.2) is 56.1 Å². The maximum absolute atomic E-state index is 10.9. The lowest BCUT2D eigenvalue weighted by atomic mass is 10.2. The molecule has 0 aliphatic rings. The van der Waals surface area contributed by atoms with Gasteiger partial charge in [0.05, 0.1) is 13.7 Å². The van der Waals surface area contributed by atoms with Crippen molar-refractivity contribution >= 4 is 23.1 Å². The summed E-state index contributed by atoms with van der Waals surface area (Å²) in [7, 11) is 1.21. The summed E-state index contributed by atoms with van der Waals surface area (Å²) in [5.74, 6) is 0.0555. The first kappa shape index (κ1) is 18.2. The van der Waals surface area contributed by atoms with Crippen LogP contribution in [0.25, 0.3) is 11.2 Å². The summed E-state index contributed by atoms with van der Waals surface area (Å²) < 4.78 is 15.9. The summed E-state index contributed by atoms with van der Waals surface area (Å²) >= 11 is 0. The number of nitrogens with two attached hydrogens (primary N) is 1. The third-order valence-corrected chi connectivity index (χ3v) is 3.60. The molecule has 3 aromatic rings. The number of carbonyl (C=O) groups excluding carboxylic acids is 1. The van der Waals surface area contributed by atoms with Crippen molar-refractivity contribution in [3.8, 4) is 12.0 Å². The molecule has 0 atom stereocenters. The van der Waals surface area contributed by atoms with Gasteiger partial charge in [0.2, 0.25) is 0 Å². The number of carbonyl (C=O) groups is 1. The first-order chi connectivity index (χ1) is 13.0. The van der Waals surface area contributed by atoms with Crippen LogP contribution in [0, 0.1) is 6.92 Å². The number of anilines is 1. The Bertz CT molecular complexity index is 956. The molecule has 3 N–H and O–H groups in total. The Labute approximate surface area is 153 Å². The van der Waals surface area contributed by atoms with Crippen LogP contribution in [0.15, 0.2) is 18.3 Å². The quantitative estimate of drug-likeness (QED) is 0.473. The summed E-state index contributed by atoms with van der Waals surface area (Å²) in [5.41, 5.74) is 8.19. The number of nitrogen functional groups attached to an aromatic ring is 1. The van der Waals surface area contributed by atoms with Gasteiger partial charge in [0, 0.05) is 11.9 Å². The molecule has 3 aromatic heterocycles. The SMILES string of the molecule is COC(=O)OCCOc1nc(N)c2nc(O)n(Cc3ccc(C)nc3)c2n1. The number of hydrogen-bond donors (Lipinski definition) is 2. The summed E-state index contributed by atoms with van der Waals surface area (Å²) in [5, 5.41) is 10.2. The highest BCUT2D eigenvalue weighted by Gasteiger charge is 2.17. The Morgan fingerprint density at radius 2 is 2.07 bits per heavy atom. The van der Waals surface area contributed by atoms with Crippen molar-refractivity contribution in [1.29, 1.82) is 0 Å². The molecule has 0 aliphatic carbocycles. The van der Waals surface area contributed by atoms with Crippen LogP contribution in [0.2, 0.25) is 0 Å². The second-order valence-electron chi connectivity index (χ2n) is 5.52. The molecule has 0 aliphatic heterocycles. The van der Waals surface area contributed by atoms with Crippen molar-refractivity contribution in [3.63, 3.8) is 0 Å². The third kappa shape index (κ3) is 4.14. The number of pyridine rings is 1. The molecule has 3 heterocycles. The van der Waals surface area contributed by atoms with Crippen molar-refractivity contribution < 1.29 is 24.1 Å². The second-order valence-corrected chi connectivity index (χ2v) is 5.52. The zero-order valence-electron chi connectivity index (χ0n) is 14.7. The molecule has 142 valence electrons. The van der Waals surface area contributed by atoms with E-state index in [1.54, 1.807) is 6.20 Å². The molecule has 0 unspecified atom stereocenters. The van der Waals surface area contributed by atoms with E-state index >= 15 is 0 Å². The Balaban J connectivity index is 1.82. The standard InChI is InChI=1S/C16H18N6O5/c1-9-3-4-10(7-18-9)8-22-13-11(19-15(22)23)12(17)20-14(21-13)26-5-6-27-16(24)25-2/h3-4,7H,5-6,8H2,1-2H3,(H,19,23)(H2,17,20,21). The Hall–Kier alpha value is -3.63. The predicted molar refractivity (Wildman–Crippen MR) is 93.3 cm³/mol. The predicted octanol–water partition coefficient (Wildman–Crippen LogP) is 1.03. The monoisotopic (exact) mass is 374 g/mol. The number of fused-ring (bicyclic) bond motifs is 1. The fraction of sp³-hybridized carbons (Fsp3) is 0.312. The average Bonchev–Trinajstić information content (AvgIpc) is 2.97. The molecular weight excluding hydrogens is 356 g/mol. The van der Waals surface area contributed by atoms with Crippen LogP contribution in [-0.2, 0) is 16.0 Å². The summed E-state index contributed by atoms with van der Waals surface area (Å²) in [6, 6.07) is 3.47. The van der Waals surface area contributed by atoms with E-state index in [2.05, 4.69) is 24.7 Å². The molecule has 11 heteroatoms. The zero-order chi connectivity index (χ0) is 19.4. The van der Waals surface area contributed by atoms with Gasteiger partial charge in [0.1, 0.15) is 13.2 Å². The lowest BCUT2D eigenvalue weighted by Crippen LogP contribution is -2.13. The maximum Gasteiger partial charge on any atom is 0.508 e. The van der Waals surface area contributed by atoms with Gasteiger partial charge in [-0.1, -0.05) is 6.07 Å². The molecule has 0 bridgehead atoms. The highest BCUT2D eigenvalue weighted by atomic mass is 16.7. The van der Waals surface area contributed by atoms with Crippen molar-refractivity contribution in [3.05, 3.63) is 29.6 Å². The summed E-state index contributed by atoms with van der Waals surface area (Å²) in [6.45, 7) is 2.13. The van der Waals surface area contributed by atoms with Crippen LogP contribution < -0.4 is 10.5 Å². The van der Waals surface area contributed by atoms with Gasteiger partial charge in [0.15, 0.2) is 17.0 Å². The summed E-state index contributed by atoms with van der Waals surface area (Å²) in [6.07, 6.45) is 0.886. The lowest BCUT2D eigenvalue weighted by molar-refractivity contribution is 0.0605. The van der Waals surface area contributed by atoms with Crippen LogP contribution >= 0.6 is 0 Å². The van der Waals surface area contributed by atoms with Gasteiger partial charge in [-0.2, -0.15) is 15.0 Å². The van der Waals surface area contributed by atoms with Crippen LogP contribution in [0.3, 0.4) is 0 Å². The largest absolute Gasteiger partial charge is 0.508 e. The first-order valence-corrected chi connectivity index (χ1v) is 7.95. The van der Waals surface area contributed by atoms with Gasteiger partial charge >= 0.3 is 12.2 Å². The molecule has 0 saturated carbocycles. The number of hydrogen-bond acceptors (Lipinski definition) is 10. The van der Waals surface area contributed by atoms with Gasteiger partial charge < -0.3 is 25.1 Å². The highest BCUT2D eigenvalue weighted by molar-refractivity contribution is 5.83. The smallest absolute Gasteiger partial charge is 0.480 e. The van der Waals surface area contributed by atoms with E-state index in [0.29, 0.717) is 5.65 Å². The minimum atomic E-state index is -0.816. The summed E-state index contributed by atoms with van der Waals surface area (Å²) in [4.78, 5) is 27.4. The van der Waals surface area contributed by atoms with E-state index in [-0.39, 0.29) is 43.1 Å². The number of rotatable bonds is 6. The Morgan fingerprint density at radius 1 is 1.26 bits per heavy atom. The number of aromatic nitrogens is 5. The van der Waals surface area contributed by atoms with Gasteiger partial charge in [-0.15, -0.1) is 0 Å². The van der Waals surface area contributed by atoms with E-state index < -0.39 is 6.16 Å². The normalized spacial score (nSPS) is 10.7. The third-order valence-electron chi connectivity index (χ3n) is 3.60. The molecule has 0 spiro atoms. The van der Waals surface area contributed by atoms with Gasteiger partial charge in [0.25, 0.3) is 6.01 Å². The molecule has 11 nitrogen and oxygen atoms in total. The fourth-order valence-corrected chi connectivity index (χ4v) is 2.29. The minimum Gasteiger partial charge on any atom is -0.480 e. The number of aryl methyl sites for hydroxylation is 1. The van der Waals surface area contributed by atoms with Crippen molar-refractivity contribution in [2.24, 2.45) is 0 Å². The highest BCUT2D eigenvalue weighted by Crippen LogP contribution is 2.25. The molecule has 0 aromatic carbocycles. The number of imidazole rings is 1. The maximum atomic E-state index is 10.9. The molecule has 27 heavy (non-hydrogen) atoms. The fourth-order valence-electron chi connectivity index (χ4n) is 2.29. The van der Waals surface area contributed by atoms with Crippen LogP contribution in [0.1, 0.15) is 11.3 Å². The first-order valence-electron chi connectivity index (χ1n) is 7.95. The lowest BCUT2D eigenvalue weighted by Gasteiger charge is -2.08. The van der Waals surface area contributed by atoms with Crippen molar-refractivity contribution in [1.82, 2.24) is 24.5 Å². The molecule has 0 saturated heterocycles. The van der Waals surface area contributed by atoms with Crippen LogP contribution in [0.5, 0.6) is 12.0 Å². The Kier molecular flexibility index (Phi) is 5.20. The topological polar surface area (TPSA) is 148 Å². The average molecular weight is 374 g/mol.